The predicted octanol–water partition coefficient (Wildman–Crippen LogP) is 4.47. The molecule has 2 saturated heterocycles. The number of aliphatic hydroxyl groups is 1. The van der Waals surface area contributed by atoms with Crippen LogP contribution in [0.15, 0.2) is 48.5 Å². The van der Waals surface area contributed by atoms with Crippen LogP contribution in [0.1, 0.15) is 41.6 Å². The van der Waals surface area contributed by atoms with E-state index in [0.29, 0.717) is 23.4 Å². The molecule has 0 unspecified atom stereocenters. The lowest BCUT2D eigenvalue weighted by atomic mass is 9.90. The third-order valence-corrected chi connectivity index (χ3v) is 7.73. The Balaban J connectivity index is 1.29. The Bertz CT molecular complexity index is 1160. The molecule has 0 aromatic heterocycles. The van der Waals surface area contributed by atoms with E-state index in [1.54, 1.807) is 26.2 Å². The second-order valence-electron chi connectivity index (χ2n) is 10.3. The van der Waals surface area contributed by atoms with E-state index in [1.165, 1.54) is 23.1 Å². The molecule has 212 valence electrons. The average molecular weight is 568 g/mol. The third-order valence-electron chi connectivity index (χ3n) is 7.42. The molecule has 0 saturated carbocycles. The third kappa shape index (κ3) is 6.18. The molecule has 1 N–H and O–H groups in total. The Hall–Kier alpha value is -2.82. The summed E-state index contributed by atoms with van der Waals surface area (Å²) < 4.78 is 47.9. The Morgan fingerprint density at radius 1 is 0.949 bits per heavy atom. The molecule has 39 heavy (non-hydrogen) atoms. The normalized spacial score (nSPS) is 19.1. The molecule has 2 aliphatic rings. The highest BCUT2D eigenvalue weighted by Crippen LogP contribution is 2.41. The van der Waals surface area contributed by atoms with Crippen LogP contribution in [-0.4, -0.2) is 85.4 Å². The van der Waals surface area contributed by atoms with Crippen LogP contribution in [0.4, 0.5) is 18.9 Å². The summed E-state index contributed by atoms with van der Waals surface area (Å²) in [4.78, 5) is 29.9. The molecule has 2 heterocycles. The van der Waals surface area contributed by atoms with E-state index in [1.807, 2.05) is 6.07 Å². The maximum absolute atomic E-state index is 13.9. The zero-order valence-corrected chi connectivity index (χ0v) is 22.7. The lowest BCUT2D eigenvalue weighted by molar-refractivity contribution is -0.262. The van der Waals surface area contributed by atoms with Crippen molar-refractivity contribution in [2.45, 2.75) is 49.7 Å². The predicted molar refractivity (Wildman–Crippen MR) is 142 cm³/mol. The van der Waals surface area contributed by atoms with Crippen molar-refractivity contribution in [2.24, 2.45) is 0 Å². The molecule has 4 rings (SSSR count). The first-order chi connectivity index (χ1) is 18.4. The molecule has 0 bridgehead atoms. The van der Waals surface area contributed by atoms with Crippen LogP contribution in [0, 0.1) is 0 Å². The van der Waals surface area contributed by atoms with Crippen molar-refractivity contribution >= 4 is 29.1 Å². The minimum absolute atomic E-state index is 0.00464. The van der Waals surface area contributed by atoms with Crippen molar-refractivity contribution in [3.63, 3.8) is 0 Å². The van der Waals surface area contributed by atoms with Gasteiger partial charge in [-0.05, 0) is 43.9 Å². The lowest BCUT2D eigenvalue weighted by Crippen LogP contribution is -2.57. The number of alkyl halides is 3. The lowest BCUT2D eigenvalue weighted by Gasteiger charge is -2.40. The second-order valence-corrected chi connectivity index (χ2v) is 10.7. The molecule has 1 atom stereocenters. The summed E-state index contributed by atoms with van der Waals surface area (Å²) in [6.07, 6.45) is -3.02. The largest absolute Gasteiger partial charge is 0.430 e. The van der Waals surface area contributed by atoms with Crippen LogP contribution in [0.25, 0.3) is 0 Å². The van der Waals surface area contributed by atoms with E-state index in [-0.39, 0.29) is 31.2 Å². The first-order valence-corrected chi connectivity index (χ1v) is 13.3. The molecule has 0 radical (unpaired) electrons. The zero-order chi connectivity index (χ0) is 28.4. The van der Waals surface area contributed by atoms with Crippen molar-refractivity contribution in [3.8, 4) is 0 Å². The topological polar surface area (TPSA) is 73.3 Å². The highest BCUT2D eigenvalue weighted by molar-refractivity contribution is 6.34. The van der Waals surface area contributed by atoms with E-state index < -0.39 is 23.2 Å². The number of halogens is 4. The molecule has 0 spiro atoms. The van der Waals surface area contributed by atoms with Gasteiger partial charge in [-0.1, -0.05) is 41.9 Å². The van der Waals surface area contributed by atoms with Gasteiger partial charge in [-0.3, -0.25) is 9.59 Å². The van der Waals surface area contributed by atoms with Gasteiger partial charge in [0.15, 0.2) is 0 Å². The van der Waals surface area contributed by atoms with Gasteiger partial charge >= 0.3 is 6.18 Å². The van der Waals surface area contributed by atoms with E-state index in [2.05, 4.69) is 4.90 Å². The number of hydrogen-bond acceptors (Lipinski definition) is 5. The molecule has 2 amide bonds. The summed E-state index contributed by atoms with van der Waals surface area (Å²) in [5.74, 6) is -1.51. The number of carbonyl (C=O) groups excluding carboxylic acids is 2. The summed E-state index contributed by atoms with van der Waals surface area (Å²) in [7, 11) is 3.35. The van der Waals surface area contributed by atoms with Crippen LogP contribution in [0.2, 0.25) is 5.02 Å². The number of piperidine rings is 2. The SMILES string of the molecule is CN(C)C(=O)c1ccc(N2CCC(OC3CCN(C(=O)[C@](O)(c4ccccc4)C(F)(F)F)CC3)CC2)cc1Cl. The minimum atomic E-state index is -5.15. The van der Waals surface area contributed by atoms with Gasteiger partial charge in [-0.2, -0.15) is 13.2 Å². The van der Waals surface area contributed by atoms with E-state index >= 15 is 0 Å². The summed E-state index contributed by atoms with van der Waals surface area (Å²) >= 11 is 6.36. The number of amides is 2. The zero-order valence-electron chi connectivity index (χ0n) is 22.0. The first-order valence-electron chi connectivity index (χ1n) is 13.0. The number of benzene rings is 2. The van der Waals surface area contributed by atoms with E-state index in [9.17, 15) is 27.9 Å². The standard InChI is InChI=1S/C28H33ClF3N3O4/c1-33(2)25(36)23-9-8-20(18-24(23)29)34-14-10-21(11-15-34)39-22-12-16-35(17-13-22)26(37)27(38,28(30,31)32)19-6-4-3-5-7-19/h3-9,18,21-22,38H,10-17H2,1-2H3/t27-/m1/s1. The maximum Gasteiger partial charge on any atom is 0.430 e. The quantitative estimate of drug-likeness (QED) is 0.558. The van der Waals surface area contributed by atoms with Crippen LogP contribution >= 0.6 is 11.6 Å². The van der Waals surface area contributed by atoms with Crippen molar-refractivity contribution in [3.05, 3.63) is 64.7 Å². The number of hydrogen-bond donors (Lipinski definition) is 1. The molecule has 11 heteroatoms. The van der Waals surface area contributed by atoms with Gasteiger partial charge in [0.05, 0.1) is 22.8 Å². The number of ether oxygens (including phenoxy) is 1. The Morgan fingerprint density at radius 3 is 2.03 bits per heavy atom. The fourth-order valence-corrected chi connectivity index (χ4v) is 5.40. The number of rotatable bonds is 6. The molecular weight excluding hydrogens is 535 g/mol. The smallest absolute Gasteiger partial charge is 0.375 e. The number of anilines is 1. The van der Waals surface area contributed by atoms with Crippen molar-refractivity contribution in [1.29, 1.82) is 0 Å². The van der Waals surface area contributed by atoms with Crippen LogP contribution in [-0.2, 0) is 15.1 Å². The van der Waals surface area contributed by atoms with Gasteiger partial charge < -0.3 is 24.5 Å². The minimum Gasteiger partial charge on any atom is -0.375 e. The van der Waals surface area contributed by atoms with Crippen molar-refractivity contribution in [1.82, 2.24) is 9.80 Å². The van der Waals surface area contributed by atoms with E-state index in [0.717, 1.165) is 48.7 Å². The summed E-state index contributed by atoms with van der Waals surface area (Å²) in [5, 5.41) is 11.0. The van der Waals surface area contributed by atoms with Crippen molar-refractivity contribution in [2.75, 3.05) is 45.2 Å². The summed E-state index contributed by atoms with van der Waals surface area (Å²) in [6.45, 7) is 1.61. The van der Waals surface area contributed by atoms with Gasteiger partial charge in [0.25, 0.3) is 17.4 Å². The molecular formula is C28H33ClF3N3O4. The monoisotopic (exact) mass is 567 g/mol. The van der Waals surface area contributed by atoms with Gasteiger partial charge in [-0.15, -0.1) is 0 Å². The fourth-order valence-electron chi connectivity index (χ4n) is 5.15. The van der Waals surface area contributed by atoms with Gasteiger partial charge in [0, 0.05) is 51.5 Å². The molecule has 2 aromatic carbocycles. The number of nitrogens with zero attached hydrogens (tertiary/aromatic N) is 3. The van der Waals surface area contributed by atoms with Crippen LogP contribution in [0.3, 0.4) is 0 Å². The van der Waals surface area contributed by atoms with Gasteiger partial charge in [0.2, 0.25) is 0 Å². The Kier molecular flexibility index (Phi) is 8.78. The van der Waals surface area contributed by atoms with E-state index in [4.69, 9.17) is 16.3 Å². The first kappa shape index (κ1) is 29.2. The Morgan fingerprint density at radius 2 is 1.51 bits per heavy atom. The van der Waals surface area contributed by atoms with Crippen LogP contribution in [0.5, 0.6) is 0 Å². The van der Waals surface area contributed by atoms with Gasteiger partial charge in [0.1, 0.15) is 0 Å². The number of carbonyl (C=O) groups is 2. The summed E-state index contributed by atoms with van der Waals surface area (Å²) in [6, 6.07) is 11.9. The maximum atomic E-state index is 13.9. The van der Waals surface area contributed by atoms with Crippen LogP contribution < -0.4 is 4.90 Å². The summed E-state index contributed by atoms with van der Waals surface area (Å²) in [5.41, 5.74) is -2.70. The van der Waals surface area contributed by atoms with Gasteiger partial charge in [-0.25, -0.2) is 0 Å². The molecule has 2 aliphatic heterocycles. The highest BCUT2D eigenvalue weighted by atomic mass is 35.5. The van der Waals surface area contributed by atoms with Crippen molar-refractivity contribution < 1.29 is 32.6 Å². The molecule has 7 nitrogen and oxygen atoms in total. The molecule has 0 aliphatic carbocycles. The fraction of sp³-hybridized carbons (Fsp3) is 0.500. The molecule has 2 aromatic rings. The second kappa shape index (κ2) is 11.7. The highest BCUT2D eigenvalue weighted by Gasteiger charge is 2.62. The number of likely N-dealkylation sites (tertiary alicyclic amines) is 1. The Labute approximate surface area is 231 Å². The molecule has 2 fully saturated rings. The average Bonchev–Trinajstić information content (AvgIpc) is 2.92.